The largest absolute Gasteiger partial charge is 0.330 e. The molecule has 0 saturated heterocycles. The Morgan fingerprint density at radius 2 is 1.50 bits per heavy atom. The van der Waals surface area contributed by atoms with Gasteiger partial charge in [-0.2, -0.15) is 0 Å². The Morgan fingerprint density at radius 1 is 0.900 bits per heavy atom. The van der Waals surface area contributed by atoms with Gasteiger partial charge in [0.15, 0.2) is 0 Å². The van der Waals surface area contributed by atoms with Gasteiger partial charge >= 0.3 is 0 Å². The van der Waals surface area contributed by atoms with Gasteiger partial charge in [-0.1, -0.05) is 64.7 Å². The van der Waals surface area contributed by atoms with E-state index in [1.54, 1.807) is 0 Å². The molecule has 0 aliphatic heterocycles. The Morgan fingerprint density at radius 3 is 2.05 bits per heavy atom. The van der Waals surface area contributed by atoms with Gasteiger partial charge in [0.2, 0.25) is 0 Å². The standard InChI is InChI=1S/C18H38N2/c1-2-3-4-8-13-18(15-11-12-17(18)20)14-9-6-5-7-10-16-19/h17H,2-16,19-20H2,1H3. The van der Waals surface area contributed by atoms with E-state index in [4.69, 9.17) is 11.5 Å². The molecule has 1 rings (SSSR count). The third kappa shape index (κ3) is 6.13. The highest BCUT2D eigenvalue weighted by atomic mass is 14.7. The van der Waals surface area contributed by atoms with E-state index in [-0.39, 0.29) is 0 Å². The molecular weight excluding hydrogens is 244 g/mol. The van der Waals surface area contributed by atoms with Crippen LogP contribution in [-0.2, 0) is 0 Å². The Hall–Kier alpha value is -0.0800. The van der Waals surface area contributed by atoms with Crippen LogP contribution >= 0.6 is 0 Å². The van der Waals surface area contributed by atoms with Crippen LogP contribution in [0.25, 0.3) is 0 Å². The fourth-order valence-corrected chi connectivity index (χ4v) is 3.97. The number of nitrogens with two attached hydrogens (primary N) is 2. The van der Waals surface area contributed by atoms with Gasteiger partial charge in [-0.25, -0.2) is 0 Å². The molecule has 0 amide bonds. The quantitative estimate of drug-likeness (QED) is 0.507. The maximum absolute atomic E-state index is 6.47. The molecule has 2 unspecified atom stereocenters. The molecule has 0 aromatic carbocycles. The molecule has 20 heavy (non-hydrogen) atoms. The summed E-state index contributed by atoms with van der Waals surface area (Å²) in [6.07, 6.45) is 18.9. The van der Waals surface area contributed by atoms with Crippen molar-refractivity contribution in [2.75, 3.05) is 6.54 Å². The summed E-state index contributed by atoms with van der Waals surface area (Å²) in [5, 5.41) is 0. The second kappa shape index (κ2) is 10.6. The molecule has 0 radical (unpaired) electrons. The third-order valence-corrected chi connectivity index (χ3v) is 5.38. The van der Waals surface area contributed by atoms with Crippen LogP contribution in [0.2, 0.25) is 0 Å². The molecule has 0 aromatic rings. The number of hydrogen-bond donors (Lipinski definition) is 2. The van der Waals surface area contributed by atoms with Gasteiger partial charge in [0.05, 0.1) is 0 Å². The van der Waals surface area contributed by atoms with E-state index in [1.807, 2.05) is 0 Å². The summed E-state index contributed by atoms with van der Waals surface area (Å²) < 4.78 is 0. The zero-order chi connectivity index (χ0) is 14.7. The van der Waals surface area contributed by atoms with Crippen LogP contribution in [0.15, 0.2) is 0 Å². The minimum Gasteiger partial charge on any atom is -0.330 e. The van der Waals surface area contributed by atoms with Gasteiger partial charge in [0.25, 0.3) is 0 Å². The van der Waals surface area contributed by atoms with E-state index in [2.05, 4.69) is 6.92 Å². The summed E-state index contributed by atoms with van der Waals surface area (Å²) in [5.41, 5.74) is 12.5. The van der Waals surface area contributed by atoms with Crippen molar-refractivity contribution in [2.45, 2.75) is 103 Å². The van der Waals surface area contributed by atoms with Crippen LogP contribution in [-0.4, -0.2) is 12.6 Å². The Balaban J connectivity index is 2.25. The van der Waals surface area contributed by atoms with Crippen LogP contribution in [0.4, 0.5) is 0 Å². The fourth-order valence-electron chi connectivity index (χ4n) is 3.97. The molecular formula is C18H38N2. The van der Waals surface area contributed by atoms with E-state index < -0.39 is 0 Å². The monoisotopic (exact) mass is 282 g/mol. The number of rotatable bonds is 12. The average Bonchev–Trinajstić information content (AvgIpc) is 2.81. The molecule has 2 nitrogen and oxygen atoms in total. The number of unbranched alkanes of at least 4 members (excludes halogenated alkanes) is 7. The van der Waals surface area contributed by atoms with E-state index >= 15 is 0 Å². The lowest BCUT2D eigenvalue weighted by Gasteiger charge is -2.34. The zero-order valence-corrected chi connectivity index (χ0v) is 13.8. The topological polar surface area (TPSA) is 52.0 Å². The molecule has 0 aromatic heterocycles. The zero-order valence-electron chi connectivity index (χ0n) is 13.8. The van der Waals surface area contributed by atoms with Crippen molar-refractivity contribution in [3.63, 3.8) is 0 Å². The average molecular weight is 283 g/mol. The minimum absolute atomic E-state index is 0.480. The molecule has 120 valence electrons. The van der Waals surface area contributed by atoms with E-state index in [9.17, 15) is 0 Å². The van der Waals surface area contributed by atoms with E-state index in [1.165, 1.54) is 89.9 Å². The van der Waals surface area contributed by atoms with Gasteiger partial charge in [0.1, 0.15) is 0 Å². The van der Waals surface area contributed by atoms with Gasteiger partial charge in [-0.05, 0) is 44.1 Å². The maximum atomic E-state index is 6.47. The molecule has 1 aliphatic carbocycles. The fraction of sp³-hybridized carbons (Fsp3) is 1.00. The van der Waals surface area contributed by atoms with Crippen LogP contribution in [0.1, 0.15) is 96.8 Å². The maximum Gasteiger partial charge on any atom is 0.00955 e. The Kier molecular flexibility index (Phi) is 9.54. The summed E-state index contributed by atoms with van der Waals surface area (Å²) in [5.74, 6) is 0. The first kappa shape index (κ1) is 18.0. The molecule has 1 aliphatic rings. The van der Waals surface area contributed by atoms with Crippen molar-refractivity contribution < 1.29 is 0 Å². The van der Waals surface area contributed by atoms with E-state index in [0.717, 1.165) is 6.54 Å². The predicted octanol–water partition coefficient (Wildman–Crippen LogP) is 4.75. The first-order chi connectivity index (χ1) is 9.75. The smallest absolute Gasteiger partial charge is 0.00955 e. The molecule has 2 heteroatoms. The van der Waals surface area contributed by atoms with Gasteiger partial charge in [0, 0.05) is 6.04 Å². The van der Waals surface area contributed by atoms with Gasteiger partial charge in [-0.3, -0.25) is 0 Å². The van der Waals surface area contributed by atoms with Crippen molar-refractivity contribution in [1.29, 1.82) is 0 Å². The van der Waals surface area contributed by atoms with Crippen molar-refractivity contribution in [2.24, 2.45) is 16.9 Å². The highest BCUT2D eigenvalue weighted by molar-refractivity contribution is 4.94. The first-order valence-electron chi connectivity index (χ1n) is 9.21. The molecule has 2 atom stereocenters. The molecule has 1 fully saturated rings. The summed E-state index contributed by atoms with van der Waals surface area (Å²) >= 11 is 0. The lowest BCUT2D eigenvalue weighted by Crippen LogP contribution is -2.37. The molecule has 0 heterocycles. The normalized spacial score (nSPS) is 26.2. The summed E-state index contributed by atoms with van der Waals surface area (Å²) in [4.78, 5) is 0. The molecule has 0 spiro atoms. The lowest BCUT2D eigenvalue weighted by atomic mass is 9.74. The van der Waals surface area contributed by atoms with Gasteiger partial charge in [-0.15, -0.1) is 0 Å². The van der Waals surface area contributed by atoms with Crippen molar-refractivity contribution >= 4 is 0 Å². The third-order valence-electron chi connectivity index (χ3n) is 5.38. The summed E-state index contributed by atoms with van der Waals surface area (Å²) in [6.45, 7) is 3.14. The number of hydrogen-bond acceptors (Lipinski definition) is 2. The SMILES string of the molecule is CCCCCCC1(CCCCCCCN)CCCC1N. The lowest BCUT2D eigenvalue weighted by molar-refractivity contribution is 0.200. The van der Waals surface area contributed by atoms with Crippen LogP contribution in [0.3, 0.4) is 0 Å². The van der Waals surface area contributed by atoms with Gasteiger partial charge < -0.3 is 11.5 Å². The summed E-state index contributed by atoms with van der Waals surface area (Å²) in [7, 11) is 0. The minimum atomic E-state index is 0.480. The Bertz CT molecular complexity index is 229. The highest BCUT2D eigenvalue weighted by Gasteiger charge is 2.39. The molecule has 4 N–H and O–H groups in total. The Labute approximate surface area is 127 Å². The summed E-state index contributed by atoms with van der Waals surface area (Å²) in [6, 6.07) is 0.480. The van der Waals surface area contributed by atoms with Crippen molar-refractivity contribution in [3.8, 4) is 0 Å². The molecule has 1 saturated carbocycles. The van der Waals surface area contributed by atoms with Crippen LogP contribution in [0, 0.1) is 5.41 Å². The second-order valence-electron chi connectivity index (χ2n) is 6.98. The second-order valence-corrected chi connectivity index (χ2v) is 6.98. The predicted molar refractivity (Wildman–Crippen MR) is 89.8 cm³/mol. The van der Waals surface area contributed by atoms with Crippen molar-refractivity contribution in [1.82, 2.24) is 0 Å². The molecule has 0 bridgehead atoms. The highest BCUT2D eigenvalue weighted by Crippen LogP contribution is 2.45. The first-order valence-corrected chi connectivity index (χ1v) is 9.21. The van der Waals surface area contributed by atoms with Crippen LogP contribution in [0.5, 0.6) is 0 Å². The van der Waals surface area contributed by atoms with Crippen molar-refractivity contribution in [3.05, 3.63) is 0 Å². The van der Waals surface area contributed by atoms with E-state index in [0.29, 0.717) is 11.5 Å². The van der Waals surface area contributed by atoms with Crippen LogP contribution < -0.4 is 11.5 Å².